The van der Waals surface area contributed by atoms with E-state index in [1.807, 2.05) is 42.5 Å². The van der Waals surface area contributed by atoms with E-state index < -0.39 is 0 Å². The van der Waals surface area contributed by atoms with Crippen molar-refractivity contribution < 1.29 is 13.9 Å². The van der Waals surface area contributed by atoms with Crippen LogP contribution in [0.2, 0.25) is 0 Å². The minimum atomic E-state index is -0.263. The third-order valence-electron chi connectivity index (χ3n) is 5.01. The second kappa shape index (κ2) is 9.26. The molecule has 6 heteroatoms. The Bertz CT molecular complexity index is 1170. The van der Waals surface area contributed by atoms with Gasteiger partial charge in [-0.25, -0.2) is 4.39 Å². The summed E-state index contributed by atoms with van der Waals surface area (Å²) in [4.78, 5) is 12.4. The number of amides is 1. The molecule has 31 heavy (non-hydrogen) atoms. The second-order valence-corrected chi connectivity index (χ2v) is 7.11. The van der Waals surface area contributed by atoms with E-state index in [2.05, 4.69) is 15.5 Å². The van der Waals surface area contributed by atoms with Gasteiger partial charge >= 0.3 is 0 Å². The average molecular weight is 415 g/mol. The van der Waals surface area contributed by atoms with E-state index in [1.54, 1.807) is 31.4 Å². The molecule has 0 unspecified atom stereocenters. The van der Waals surface area contributed by atoms with Crippen LogP contribution in [0, 0.1) is 5.82 Å². The van der Waals surface area contributed by atoms with Gasteiger partial charge in [-0.15, -0.1) is 0 Å². The maximum atomic E-state index is 13.0. The molecule has 156 valence electrons. The third kappa shape index (κ3) is 4.98. The molecule has 0 aliphatic heterocycles. The second-order valence-electron chi connectivity index (χ2n) is 7.11. The first-order valence-corrected chi connectivity index (χ1v) is 9.95. The molecular formula is C25H22FN3O2. The highest BCUT2D eigenvalue weighted by Gasteiger charge is 2.09. The predicted molar refractivity (Wildman–Crippen MR) is 118 cm³/mol. The molecule has 2 N–H and O–H groups in total. The molecule has 0 fully saturated rings. The standard InChI is InChI=1S/C25H22FN3O2/c1-31-22-4-2-3-20(15-22)24-16-23(28-29-24)18-7-9-19(10-8-18)25(30)27-14-13-17-5-11-21(26)12-6-17/h2-12,15-16H,13-14H2,1H3,(H,27,30)(H,28,29). The number of aromatic nitrogens is 2. The highest BCUT2D eigenvalue weighted by atomic mass is 19.1. The lowest BCUT2D eigenvalue weighted by molar-refractivity contribution is 0.0954. The van der Waals surface area contributed by atoms with Gasteiger partial charge in [0.15, 0.2) is 0 Å². The number of rotatable bonds is 7. The van der Waals surface area contributed by atoms with Crippen LogP contribution in [-0.4, -0.2) is 29.8 Å². The van der Waals surface area contributed by atoms with Crippen LogP contribution in [0.15, 0.2) is 78.9 Å². The zero-order valence-electron chi connectivity index (χ0n) is 17.1. The molecule has 0 saturated carbocycles. The minimum Gasteiger partial charge on any atom is -0.497 e. The van der Waals surface area contributed by atoms with Crippen LogP contribution in [0.5, 0.6) is 5.75 Å². The number of aromatic amines is 1. The van der Waals surface area contributed by atoms with Crippen LogP contribution < -0.4 is 10.1 Å². The van der Waals surface area contributed by atoms with Gasteiger partial charge in [0.25, 0.3) is 5.91 Å². The van der Waals surface area contributed by atoms with Crippen LogP contribution in [0.4, 0.5) is 4.39 Å². The summed E-state index contributed by atoms with van der Waals surface area (Å²) in [7, 11) is 1.63. The van der Waals surface area contributed by atoms with Gasteiger partial charge in [0.2, 0.25) is 0 Å². The molecule has 1 aromatic heterocycles. The highest BCUT2D eigenvalue weighted by Crippen LogP contribution is 2.26. The fourth-order valence-corrected chi connectivity index (χ4v) is 3.27. The van der Waals surface area contributed by atoms with Crippen molar-refractivity contribution in [2.75, 3.05) is 13.7 Å². The van der Waals surface area contributed by atoms with Gasteiger partial charge in [0, 0.05) is 17.7 Å². The van der Waals surface area contributed by atoms with Crippen LogP contribution >= 0.6 is 0 Å². The summed E-state index contributed by atoms with van der Waals surface area (Å²) in [5.41, 5.74) is 5.12. The van der Waals surface area contributed by atoms with Crippen molar-refractivity contribution in [3.63, 3.8) is 0 Å². The molecule has 4 aromatic rings. The molecule has 0 aliphatic carbocycles. The van der Waals surface area contributed by atoms with Crippen LogP contribution in [-0.2, 0) is 6.42 Å². The first kappa shape index (κ1) is 20.3. The van der Waals surface area contributed by atoms with Crippen molar-refractivity contribution in [3.8, 4) is 28.3 Å². The van der Waals surface area contributed by atoms with E-state index >= 15 is 0 Å². The zero-order chi connectivity index (χ0) is 21.6. The quantitative estimate of drug-likeness (QED) is 0.453. The summed E-state index contributed by atoms with van der Waals surface area (Å²) in [6.07, 6.45) is 0.644. The van der Waals surface area contributed by atoms with Gasteiger partial charge in [-0.05, 0) is 60.0 Å². The number of carbonyl (C=O) groups excluding carboxylic acids is 1. The molecule has 0 atom stereocenters. The number of benzene rings is 3. The summed E-state index contributed by atoms with van der Waals surface area (Å²) in [5.74, 6) is 0.368. The van der Waals surface area contributed by atoms with Crippen LogP contribution in [0.25, 0.3) is 22.5 Å². The van der Waals surface area contributed by atoms with Gasteiger partial charge in [-0.1, -0.05) is 36.4 Å². The molecule has 0 spiro atoms. The Morgan fingerprint density at radius 1 is 1.00 bits per heavy atom. The molecule has 1 heterocycles. The number of nitrogens with zero attached hydrogens (tertiary/aromatic N) is 1. The van der Waals surface area contributed by atoms with E-state index in [1.165, 1.54) is 12.1 Å². The van der Waals surface area contributed by atoms with Crippen molar-refractivity contribution in [1.29, 1.82) is 0 Å². The Labute approximate surface area is 179 Å². The highest BCUT2D eigenvalue weighted by molar-refractivity contribution is 5.94. The molecule has 0 radical (unpaired) electrons. The minimum absolute atomic E-state index is 0.143. The summed E-state index contributed by atoms with van der Waals surface area (Å²) >= 11 is 0. The molecule has 1 amide bonds. The molecule has 3 aromatic carbocycles. The molecule has 0 bridgehead atoms. The topological polar surface area (TPSA) is 67.0 Å². The number of methoxy groups -OCH3 is 1. The van der Waals surface area contributed by atoms with E-state index in [0.717, 1.165) is 33.8 Å². The maximum absolute atomic E-state index is 13.0. The molecule has 4 rings (SSSR count). The maximum Gasteiger partial charge on any atom is 0.251 e. The molecular weight excluding hydrogens is 393 g/mol. The van der Waals surface area contributed by atoms with Gasteiger partial charge in [-0.3, -0.25) is 9.89 Å². The van der Waals surface area contributed by atoms with Crippen molar-refractivity contribution in [2.45, 2.75) is 6.42 Å². The summed E-state index contributed by atoms with van der Waals surface area (Å²) in [6.45, 7) is 0.483. The lowest BCUT2D eigenvalue weighted by atomic mass is 10.1. The predicted octanol–water partition coefficient (Wildman–Crippen LogP) is 4.86. The van der Waals surface area contributed by atoms with Gasteiger partial charge in [-0.2, -0.15) is 5.10 Å². The largest absolute Gasteiger partial charge is 0.497 e. The number of ether oxygens (including phenoxy) is 1. The number of hydrogen-bond donors (Lipinski definition) is 2. The Morgan fingerprint density at radius 3 is 2.52 bits per heavy atom. The Kier molecular flexibility index (Phi) is 6.08. The molecule has 0 saturated heterocycles. The lowest BCUT2D eigenvalue weighted by Gasteiger charge is -2.06. The third-order valence-corrected chi connectivity index (χ3v) is 5.01. The first-order valence-electron chi connectivity index (χ1n) is 9.95. The fourth-order valence-electron chi connectivity index (χ4n) is 3.27. The SMILES string of the molecule is COc1cccc(-c2cc(-c3ccc(C(=O)NCCc4ccc(F)cc4)cc3)[nH]n2)c1. The molecule has 0 aliphatic rings. The van der Waals surface area contributed by atoms with Crippen molar-refractivity contribution in [1.82, 2.24) is 15.5 Å². The number of carbonyl (C=O) groups is 1. The van der Waals surface area contributed by atoms with Gasteiger partial charge < -0.3 is 10.1 Å². The molecule has 5 nitrogen and oxygen atoms in total. The fraction of sp³-hybridized carbons (Fsp3) is 0.120. The smallest absolute Gasteiger partial charge is 0.251 e. The lowest BCUT2D eigenvalue weighted by Crippen LogP contribution is -2.25. The van der Waals surface area contributed by atoms with Crippen LogP contribution in [0.3, 0.4) is 0 Å². The zero-order valence-corrected chi connectivity index (χ0v) is 17.1. The van der Waals surface area contributed by atoms with E-state index in [9.17, 15) is 9.18 Å². The Morgan fingerprint density at radius 2 is 1.77 bits per heavy atom. The normalized spacial score (nSPS) is 10.6. The number of halogens is 1. The summed E-state index contributed by atoms with van der Waals surface area (Å²) < 4.78 is 18.2. The average Bonchev–Trinajstić information content (AvgIpc) is 3.31. The van der Waals surface area contributed by atoms with Gasteiger partial charge in [0.05, 0.1) is 18.5 Å². The monoisotopic (exact) mass is 415 g/mol. The van der Waals surface area contributed by atoms with Crippen molar-refractivity contribution >= 4 is 5.91 Å². The Balaban J connectivity index is 1.38. The number of nitrogens with one attached hydrogen (secondary N) is 2. The first-order chi connectivity index (χ1) is 15.1. The van der Waals surface area contributed by atoms with Crippen molar-refractivity contribution in [3.05, 3.63) is 95.8 Å². The van der Waals surface area contributed by atoms with E-state index in [0.29, 0.717) is 18.5 Å². The van der Waals surface area contributed by atoms with Crippen LogP contribution in [0.1, 0.15) is 15.9 Å². The van der Waals surface area contributed by atoms with Crippen molar-refractivity contribution in [2.24, 2.45) is 0 Å². The number of H-pyrrole nitrogens is 1. The summed E-state index contributed by atoms with van der Waals surface area (Å²) in [5, 5.41) is 10.3. The number of hydrogen-bond acceptors (Lipinski definition) is 3. The van der Waals surface area contributed by atoms with Gasteiger partial charge in [0.1, 0.15) is 11.6 Å². The van der Waals surface area contributed by atoms with E-state index in [4.69, 9.17) is 4.74 Å². The van der Waals surface area contributed by atoms with E-state index in [-0.39, 0.29) is 11.7 Å². The summed E-state index contributed by atoms with van der Waals surface area (Å²) in [6, 6.07) is 23.3. The Hall–Kier alpha value is -3.93.